The first-order valence-corrected chi connectivity index (χ1v) is 12.4. The van der Waals surface area contributed by atoms with E-state index in [2.05, 4.69) is 5.32 Å². The van der Waals surface area contributed by atoms with Crippen LogP contribution in [0.15, 0.2) is 30.3 Å². The topological polar surface area (TPSA) is 102 Å². The first kappa shape index (κ1) is 23.7. The summed E-state index contributed by atoms with van der Waals surface area (Å²) in [6.07, 6.45) is 3.27. The first-order chi connectivity index (χ1) is 14.6. The molecule has 2 aromatic carbocycles. The summed E-state index contributed by atoms with van der Waals surface area (Å²) in [7, 11) is -3.44. The van der Waals surface area contributed by atoms with Gasteiger partial charge < -0.3 is 15.8 Å². The lowest BCUT2D eigenvalue weighted by Crippen LogP contribution is -2.46. The molecule has 1 saturated heterocycles. The number of amides is 1. The zero-order valence-electron chi connectivity index (χ0n) is 16.7. The Morgan fingerprint density at radius 2 is 2.00 bits per heavy atom. The second kappa shape index (κ2) is 9.65. The number of piperidine rings is 1. The lowest BCUT2D eigenvalue weighted by molar-refractivity contribution is 0.0994. The van der Waals surface area contributed by atoms with Gasteiger partial charge in [0.2, 0.25) is 10.0 Å². The van der Waals surface area contributed by atoms with Crippen molar-refractivity contribution in [3.63, 3.8) is 0 Å². The van der Waals surface area contributed by atoms with Gasteiger partial charge in [0, 0.05) is 16.2 Å². The smallest absolute Gasteiger partial charge is 0.254 e. The van der Waals surface area contributed by atoms with Crippen LogP contribution in [0.5, 0.6) is 5.75 Å². The first-order valence-electron chi connectivity index (χ1n) is 9.51. The minimum atomic E-state index is -3.44. The Kier molecular flexibility index (Phi) is 7.37. The van der Waals surface area contributed by atoms with E-state index in [0.717, 1.165) is 31.2 Å². The highest BCUT2D eigenvalue weighted by molar-refractivity contribution is 14.1. The Balaban J connectivity index is 1.90. The van der Waals surface area contributed by atoms with Crippen molar-refractivity contribution in [2.75, 3.05) is 24.7 Å². The monoisotopic (exact) mass is 565 g/mol. The van der Waals surface area contributed by atoms with E-state index in [1.807, 2.05) is 22.6 Å². The number of ether oxygens (including phenoxy) is 1. The Bertz CT molecular complexity index is 1100. The number of hydrogen-bond donors (Lipinski definition) is 2. The van der Waals surface area contributed by atoms with Crippen LogP contribution in [0.2, 0.25) is 0 Å². The van der Waals surface area contributed by atoms with Gasteiger partial charge in [-0.3, -0.25) is 4.79 Å². The highest BCUT2D eigenvalue weighted by Gasteiger charge is 2.30. The Labute approximate surface area is 193 Å². The molecule has 0 bridgehead atoms. The largest absolute Gasteiger partial charge is 0.491 e. The van der Waals surface area contributed by atoms with Crippen molar-refractivity contribution in [2.45, 2.75) is 25.3 Å². The van der Waals surface area contributed by atoms with Crippen LogP contribution in [-0.2, 0) is 10.0 Å². The number of halogens is 3. The fourth-order valence-corrected chi connectivity index (χ4v) is 5.17. The molecule has 0 saturated carbocycles. The molecule has 0 spiro atoms. The van der Waals surface area contributed by atoms with Gasteiger partial charge in [-0.15, -0.1) is 0 Å². The third-order valence-electron chi connectivity index (χ3n) is 4.94. The van der Waals surface area contributed by atoms with E-state index in [4.69, 9.17) is 10.5 Å². The molecule has 1 fully saturated rings. The molecule has 1 amide bonds. The zero-order chi connectivity index (χ0) is 22.8. The van der Waals surface area contributed by atoms with Crippen LogP contribution in [0.25, 0.3) is 0 Å². The number of rotatable bonds is 7. The number of anilines is 2. The molecule has 1 unspecified atom stereocenters. The van der Waals surface area contributed by atoms with Crippen LogP contribution >= 0.6 is 22.6 Å². The summed E-state index contributed by atoms with van der Waals surface area (Å²) < 4.78 is 60.3. The summed E-state index contributed by atoms with van der Waals surface area (Å²) in [5.41, 5.74) is 5.34. The van der Waals surface area contributed by atoms with Crippen molar-refractivity contribution in [1.29, 1.82) is 0 Å². The quantitative estimate of drug-likeness (QED) is 0.500. The van der Waals surface area contributed by atoms with E-state index >= 15 is 0 Å². The van der Waals surface area contributed by atoms with Crippen LogP contribution < -0.4 is 15.8 Å². The maximum atomic E-state index is 14.3. The van der Waals surface area contributed by atoms with Gasteiger partial charge in [-0.1, -0.05) is 6.42 Å². The number of carbonyl (C=O) groups is 1. The molecule has 3 N–H and O–H groups in total. The number of nitrogens with two attached hydrogens (primary N) is 1. The number of benzene rings is 2. The third-order valence-corrected chi connectivity index (χ3v) is 6.95. The van der Waals surface area contributed by atoms with E-state index in [1.165, 1.54) is 16.4 Å². The molecule has 3 rings (SSSR count). The van der Waals surface area contributed by atoms with Gasteiger partial charge >= 0.3 is 0 Å². The molecule has 0 aromatic heterocycles. The molecule has 7 nitrogen and oxygen atoms in total. The van der Waals surface area contributed by atoms with Crippen LogP contribution in [0, 0.1) is 15.2 Å². The fraction of sp³-hybridized carbons (Fsp3) is 0.350. The van der Waals surface area contributed by atoms with Gasteiger partial charge in [0.1, 0.15) is 29.6 Å². The number of primary amides is 1. The Morgan fingerprint density at radius 3 is 2.65 bits per heavy atom. The zero-order valence-corrected chi connectivity index (χ0v) is 19.7. The van der Waals surface area contributed by atoms with Gasteiger partial charge in [0.15, 0.2) is 0 Å². The molecule has 0 aliphatic carbocycles. The maximum absolute atomic E-state index is 14.3. The average molecular weight is 565 g/mol. The fourth-order valence-electron chi connectivity index (χ4n) is 3.55. The summed E-state index contributed by atoms with van der Waals surface area (Å²) in [6.45, 7) is 0.297. The van der Waals surface area contributed by atoms with Crippen molar-refractivity contribution in [3.05, 3.63) is 51.1 Å². The predicted octanol–water partition coefficient (Wildman–Crippen LogP) is 3.60. The highest BCUT2D eigenvalue weighted by Crippen LogP contribution is 2.32. The second-order valence-corrected chi connectivity index (χ2v) is 10.5. The molecular weight excluding hydrogens is 543 g/mol. The Morgan fingerprint density at radius 1 is 1.26 bits per heavy atom. The molecule has 1 heterocycles. The van der Waals surface area contributed by atoms with E-state index in [9.17, 15) is 22.0 Å². The summed E-state index contributed by atoms with van der Waals surface area (Å²) in [6, 6.07) is 5.97. The number of nitrogens with one attached hydrogen (secondary N) is 1. The van der Waals surface area contributed by atoms with Crippen molar-refractivity contribution < 1.29 is 26.7 Å². The van der Waals surface area contributed by atoms with Crippen LogP contribution in [0.3, 0.4) is 0 Å². The van der Waals surface area contributed by atoms with E-state index in [-0.39, 0.29) is 29.3 Å². The number of carbonyl (C=O) groups excluding carboxylic acids is 1. The van der Waals surface area contributed by atoms with Crippen LogP contribution in [0.1, 0.15) is 29.6 Å². The maximum Gasteiger partial charge on any atom is 0.254 e. The molecule has 1 aliphatic rings. The van der Waals surface area contributed by atoms with Gasteiger partial charge in [-0.2, -0.15) is 4.31 Å². The standard InChI is InChI=1S/C20H22F2IN3O4S/c1-31(28,29)26-7-3-2-4-14(26)11-30-18-9-12(21)8-17(19(18)20(24)27)25-16-6-5-13(23)10-15(16)22/h5-6,8-10,14,25H,2-4,7,11H2,1H3,(H2,24,27). The third kappa shape index (κ3) is 5.83. The highest BCUT2D eigenvalue weighted by atomic mass is 127. The molecule has 11 heteroatoms. The van der Waals surface area contributed by atoms with Gasteiger partial charge in [-0.25, -0.2) is 17.2 Å². The Hall–Kier alpha value is -1.99. The summed E-state index contributed by atoms with van der Waals surface area (Å²) in [5.74, 6) is -2.34. The van der Waals surface area contributed by atoms with Crippen molar-refractivity contribution in [1.82, 2.24) is 4.31 Å². The molecule has 0 radical (unpaired) electrons. The van der Waals surface area contributed by atoms with Gasteiger partial charge in [-0.05, 0) is 59.7 Å². The molecule has 2 aromatic rings. The number of nitrogens with zero attached hydrogens (tertiary/aromatic N) is 1. The van der Waals surface area contributed by atoms with Gasteiger partial charge in [0.05, 0.1) is 23.7 Å². The second-order valence-electron chi connectivity index (χ2n) is 7.27. The van der Waals surface area contributed by atoms with E-state index < -0.39 is 33.6 Å². The van der Waals surface area contributed by atoms with E-state index in [1.54, 1.807) is 6.07 Å². The SMILES string of the molecule is CS(=O)(=O)N1CCCCC1COc1cc(F)cc(Nc2ccc(I)cc2F)c1C(N)=O. The summed E-state index contributed by atoms with van der Waals surface area (Å²) in [5, 5.41) is 2.70. The summed E-state index contributed by atoms with van der Waals surface area (Å²) in [4.78, 5) is 12.1. The summed E-state index contributed by atoms with van der Waals surface area (Å²) >= 11 is 1.95. The average Bonchev–Trinajstić information content (AvgIpc) is 2.67. The van der Waals surface area contributed by atoms with E-state index in [0.29, 0.717) is 16.5 Å². The van der Waals surface area contributed by atoms with Crippen molar-refractivity contribution in [3.8, 4) is 5.75 Å². The molecule has 31 heavy (non-hydrogen) atoms. The molecule has 168 valence electrons. The number of sulfonamides is 1. The lowest BCUT2D eigenvalue weighted by Gasteiger charge is -2.33. The minimum absolute atomic E-state index is 0.0370. The predicted molar refractivity (Wildman–Crippen MR) is 122 cm³/mol. The van der Waals surface area contributed by atoms with Crippen molar-refractivity contribution >= 4 is 49.9 Å². The molecule has 1 atom stereocenters. The van der Waals surface area contributed by atoms with Crippen molar-refractivity contribution in [2.24, 2.45) is 5.73 Å². The van der Waals surface area contributed by atoms with Gasteiger partial charge in [0.25, 0.3) is 5.91 Å². The van der Waals surface area contributed by atoms with Crippen LogP contribution in [-0.4, -0.2) is 44.1 Å². The number of hydrogen-bond acceptors (Lipinski definition) is 5. The molecule has 1 aliphatic heterocycles. The van der Waals surface area contributed by atoms with Crippen LogP contribution in [0.4, 0.5) is 20.2 Å². The normalized spacial score (nSPS) is 17.4. The molecular formula is C20H22F2IN3O4S. The lowest BCUT2D eigenvalue weighted by atomic mass is 10.1. The minimum Gasteiger partial charge on any atom is -0.491 e.